The highest BCUT2D eigenvalue weighted by atomic mass is 19.4. The predicted molar refractivity (Wildman–Crippen MR) is 152 cm³/mol. The minimum Gasteiger partial charge on any atom is -0.444 e. The van der Waals surface area contributed by atoms with Gasteiger partial charge in [-0.05, 0) is 33.8 Å². The lowest BCUT2D eigenvalue weighted by molar-refractivity contribution is -0.145. The Bertz CT molecular complexity index is 1260. The predicted octanol–water partition coefficient (Wildman–Crippen LogP) is 3.69. The standard InChI is InChI=1S/C29H41F3N6O5/c1-18-16-37(9-8-28(18)22(7-14-41-28)42-20(3)39)23-15-24(34-25(33-23)29(30,31)32)38-17-21(19(38)2)35-10-12-36(13-11-35)26(40)43-27(4,5)6/h7,15,18-19,21H,8-14,16-17H2,1-6H3/t18?,19-,21-,28?/m1/s1. The molecule has 4 aliphatic rings. The highest BCUT2D eigenvalue weighted by Gasteiger charge is 2.50. The Hall–Kier alpha value is -3.13. The molecule has 43 heavy (non-hydrogen) atoms. The van der Waals surface area contributed by atoms with E-state index in [1.165, 1.54) is 6.92 Å². The van der Waals surface area contributed by atoms with Crippen molar-refractivity contribution in [1.29, 1.82) is 0 Å². The quantitative estimate of drug-likeness (QED) is 0.470. The SMILES string of the molecule is CC(=O)OC1=CCOC12CCN(c1cc(N3C[C@@H](N4CCN(C(=O)OC(C)(C)C)CC4)[C@H]3C)nc(C(F)(F)F)n1)CC2C. The second-order valence-corrected chi connectivity index (χ2v) is 12.8. The van der Waals surface area contributed by atoms with Gasteiger partial charge in [0.2, 0.25) is 5.82 Å². The number of halogens is 3. The number of anilines is 2. The van der Waals surface area contributed by atoms with E-state index in [-0.39, 0.29) is 35.7 Å². The molecule has 11 nitrogen and oxygen atoms in total. The van der Waals surface area contributed by atoms with E-state index >= 15 is 0 Å². The molecule has 5 heterocycles. The first kappa shape index (κ1) is 31.3. The van der Waals surface area contributed by atoms with Gasteiger partial charge in [-0.25, -0.2) is 14.8 Å². The normalized spacial score (nSPS) is 28.5. The number of hydrogen-bond acceptors (Lipinski definition) is 10. The second-order valence-electron chi connectivity index (χ2n) is 12.8. The number of alkyl halides is 3. The monoisotopic (exact) mass is 610 g/mol. The maximum atomic E-state index is 14.0. The molecular formula is C29H41F3N6O5. The van der Waals surface area contributed by atoms with Crippen LogP contribution in [0.2, 0.25) is 0 Å². The third kappa shape index (κ3) is 6.40. The Labute approximate surface area is 249 Å². The molecule has 5 rings (SSSR count). The van der Waals surface area contributed by atoms with Crippen LogP contribution in [0.1, 0.15) is 53.8 Å². The summed E-state index contributed by atoms with van der Waals surface area (Å²) in [5, 5.41) is 0. The molecule has 4 aliphatic heterocycles. The van der Waals surface area contributed by atoms with Crippen LogP contribution in [-0.4, -0.2) is 108 Å². The molecule has 0 aromatic carbocycles. The second kappa shape index (κ2) is 11.4. The highest BCUT2D eigenvalue weighted by molar-refractivity contribution is 5.68. The summed E-state index contributed by atoms with van der Waals surface area (Å²) in [6, 6.07) is 1.67. The number of carbonyl (C=O) groups is 2. The van der Waals surface area contributed by atoms with Gasteiger partial charge >= 0.3 is 18.2 Å². The van der Waals surface area contributed by atoms with Crippen molar-refractivity contribution >= 4 is 23.7 Å². The lowest BCUT2D eigenvalue weighted by Gasteiger charge is -2.53. The van der Waals surface area contributed by atoms with Crippen LogP contribution in [0.3, 0.4) is 0 Å². The number of piperidine rings is 1. The Morgan fingerprint density at radius 3 is 2.28 bits per heavy atom. The van der Waals surface area contributed by atoms with E-state index in [2.05, 4.69) is 14.9 Å². The Morgan fingerprint density at radius 2 is 1.70 bits per heavy atom. The number of carbonyl (C=O) groups excluding carboxylic acids is 2. The average molecular weight is 611 g/mol. The van der Waals surface area contributed by atoms with Crippen LogP contribution in [0, 0.1) is 5.92 Å². The summed E-state index contributed by atoms with van der Waals surface area (Å²) in [5.74, 6) is -0.872. The van der Waals surface area contributed by atoms with Gasteiger partial charge in [0.05, 0.1) is 6.61 Å². The Balaban J connectivity index is 1.27. The fourth-order valence-electron chi connectivity index (χ4n) is 6.43. The van der Waals surface area contributed by atoms with E-state index in [1.807, 2.05) is 44.4 Å². The lowest BCUT2D eigenvalue weighted by Crippen LogP contribution is -2.68. The molecule has 3 fully saturated rings. The first-order chi connectivity index (χ1) is 20.1. The van der Waals surface area contributed by atoms with Gasteiger partial charge in [0.15, 0.2) is 0 Å². The minimum atomic E-state index is -4.71. The minimum absolute atomic E-state index is 0.0798. The van der Waals surface area contributed by atoms with Crippen molar-refractivity contribution in [2.45, 2.75) is 77.4 Å². The lowest BCUT2D eigenvalue weighted by atomic mass is 9.80. The maximum Gasteiger partial charge on any atom is 0.451 e. The van der Waals surface area contributed by atoms with Gasteiger partial charge in [0.1, 0.15) is 28.6 Å². The summed E-state index contributed by atoms with van der Waals surface area (Å²) in [7, 11) is 0. The van der Waals surface area contributed by atoms with E-state index in [0.29, 0.717) is 64.6 Å². The Kier molecular flexibility index (Phi) is 8.31. The molecule has 14 heteroatoms. The molecule has 0 N–H and O–H groups in total. The van der Waals surface area contributed by atoms with Crippen LogP contribution in [0.4, 0.5) is 29.6 Å². The summed E-state index contributed by atoms with van der Waals surface area (Å²) >= 11 is 0. The van der Waals surface area contributed by atoms with Crippen molar-refractivity contribution in [1.82, 2.24) is 19.8 Å². The zero-order valence-corrected chi connectivity index (χ0v) is 25.6. The molecule has 1 amide bonds. The zero-order chi connectivity index (χ0) is 31.3. The largest absolute Gasteiger partial charge is 0.451 e. The van der Waals surface area contributed by atoms with Crippen LogP contribution in [0.15, 0.2) is 17.9 Å². The van der Waals surface area contributed by atoms with Crippen LogP contribution in [-0.2, 0) is 25.2 Å². The van der Waals surface area contributed by atoms with Gasteiger partial charge in [-0.15, -0.1) is 0 Å². The van der Waals surface area contributed by atoms with E-state index in [1.54, 1.807) is 17.0 Å². The smallest absolute Gasteiger partial charge is 0.444 e. The Morgan fingerprint density at radius 1 is 1.02 bits per heavy atom. The number of aromatic nitrogens is 2. The number of rotatable bonds is 4. The molecule has 4 atom stereocenters. The van der Waals surface area contributed by atoms with Crippen molar-refractivity contribution in [3.63, 3.8) is 0 Å². The number of hydrogen-bond donors (Lipinski definition) is 0. The average Bonchev–Trinajstić information content (AvgIpc) is 3.30. The van der Waals surface area contributed by atoms with Crippen molar-refractivity contribution in [3.8, 4) is 0 Å². The third-order valence-corrected chi connectivity index (χ3v) is 8.76. The highest BCUT2D eigenvalue weighted by Crippen LogP contribution is 2.43. The molecule has 0 bridgehead atoms. The third-order valence-electron chi connectivity index (χ3n) is 8.76. The summed E-state index contributed by atoms with van der Waals surface area (Å²) in [5.41, 5.74) is -1.36. The molecule has 0 aliphatic carbocycles. The van der Waals surface area contributed by atoms with E-state index in [4.69, 9.17) is 14.2 Å². The fraction of sp³-hybridized carbons (Fsp3) is 0.724. The number of ether oxygens (including phenoxy) is 3. The van der Waals surface area contributed by atoms with E-state index < -0.39 is 29.2 Å². The van der Waals surface area contributed by atoms with Gasteiger partial charge in [0.25, 0.3) is 0 Å². The summed E-state index contributed by atoms with van der Waals surface area (Å²) in [6.45, 7) is 14.7. The number of amides is 1. The molecule has 0 saturated carbocycles. The molecule has 0 radical (unpaired) electrons. The molecule has 3 saturated heterocycles. The maximum absolute atomic E-state index is 14.0. The zero-order valence-electron chi connectivity index (χ0n) is 25.6. The molecule has 1 aromatic heterocycles. The van der Waals surface area contributed by atoms with E-state index in [0.717, 1.165) is 0 Å². The molecule has 238 valence electrons. The van der Waals surface area contributed by atoms with Crippen LogP contribution >= 0.6 is 0 Å². The van der Waals surface area contributed by atoms with Gasteiger partial charge in [-0.3, -0.25) is 9.69 Å². The van der Waals surface area contributed by atoms with Crippen molar-refractivity contribution in [2.75, 3.05) is 62.2 Å². The van der Waals surface area contributed by atoms with Crippen molar-refractivity contribution < 1.29 is 37.0 Å². The number of esters is 1. The van der Waals surface area contributed by atoms with Crippen molar-refractivity contribution in [3.05, 3.63) is 23.7 Å². The van der Waals surface area contributed by atoms with Gasteiger partial charge < -0.3 is 28.9 Å². The van der Waals surface area contributed by atoms with Crippen LogP contribution in [0.25, 0.3) is 0 Å². The van der Waals surface area contributed by atoms with Gasteiger partial charge in [-0.2, -0.15) is 13.2 Å². The van der Waals surface area contributed by atoms with Gasteiger partial charge in [-0.1, -0.05) is 6.92 Å². The topological polar surface area (TPSA) is 101 Å². The van der Waals surface area contributed by atoms with Crippen LogP contribution in [0.5, 0.6) is 0 Å². The van der Waals surface area contributed by atoms with Crippen molar-refractivity contribution in [2.24, 2.45) is 5.92 Å². The summed E-state index contributed by atoms with van der Waals surface area (Å²) in [4.78, 5) is 39.6. The molecular weight excluding hydrogens is 569 g/mol. The fourth-order valence-corrected chi connectivity index (χ4v) is 6.43. The summed E-state index contributed by atoms with van der Waals surface area (Å²) in [6.07, 6.45) is -2.86. The first-order valence-electron chi connectivity index (χ1n) is 14.8. The van der Waals surface area contributed by atoms with E-state index in [9.17, 15) is 22.8 Å². The first-order valence-corrected chi connectivity index (χ1v) is 14.8. The summed E-state index contributed by atoms with van der Waals surface area (Å²) < 4.78 is 58.9. The number of nitrogens with zero attached hydrogens (tertiary/aromatic N) is 6. The molecule has 1 aromatic rings. The van der Waals surface area contributed by atoms with Gasteiger partial charge in [0, 0.05) is 83.2 Å². The molecule has 1 spiro atoms. The van der Waals surface area contributed by atoms with Crippen LogP contribution < -0.4 is 9.80 Å². The number of piperazine rings is 1. The molecule has 2 unspecified atom stereocenters.